The highest BCUT2D eigenvalue weighted by Gasteiger charge is 2.27. The number of amides is 2. The molecule has 0 spiro atoms. The van der Waals surface area contributed by atoms with Gasteiger partial charge in [0.2, 0.25) is 0 Å². The number of urea groups is 1. The fourth-order valence-corrected chi connectivity index (χ4v) is 3.02. The second-order valence-electron chi connectivity index (χ2n) is 6.37. The summed E-state index contributed by atoms with van der Waals surface area (Å²) in [6.45, 7) is 6.44. The van der Waals surface area contributed by atoms with Crippen LogP contribution in [0.1, 0.15) is 24.3 Å². The Labute approximate surface area is 174 Å². The number of esters is 1. The SMILES string of the molecule is CCOC(=O)c1nc(-c2ccc(NC(N)=O)cc2)nc(N2CCOCC2)c1OCC. The van der Waals surface area contributed by atoms with Gasteiger partial charge in [-0.2, -0.15) is 0 Å². The topological polar surface area (TPSA) is 129 Å². The van der Waals surface area contributed by atoms with Gasteiger partial charge in [-0.05, 0) is 38.1 Å². The molecule has 160 valence electrons. The lowest BCUT2D eigenvalue weighted by molar-refractivity contribution is 0.0514. The van der Waals surface area contributed by atoms with Crippen LogP contribution in [0, 0.1) is 0 Å². The van der Waals surface area contributed by atoms with Crippen molar-refractivity contribution in [2.75, 3.05) is 49.7 Å². The van der Waals surface area contributed by atoms with E-state index in [1.807, 2.05) is 11.8 Å². The van der Waals surface area contributed by atoms with Gasteiger partial charge in [0.1, 0.15) is 0 Å². The molecule has 1 aromatic heterocycles. The summed E-state index contributed by atoms with van der Waals surface area (Å²) >= 11 is 0. The molecule has 1 aliphatic rings. The van der Waals surface area contributed by atoms with Gasteiger partial charge in [-0.25, -0.2) is 19.6 Å². The summed E-state index contributed by atoms with van der Waals surface area (Å²) in [6, 6.07) is 6.17. The fourth-order valence-electron chi connectivity index (χ4n) is 3.02. The number of rotatable bonds is 7. The maximum Gasteiger partial charge on any atom is 0.361 e. The molecule has 2 aromatic rings. The van der Waals surface area contributed by atoms with E-state index in [0.717, 1.165) is 0 Å². The maximum atomic E-state index is 12.6. The molecular formula is C20H25N5O5. The van der Waals surface area contributed by atoms with Crippen molar-refractivity contribution in [3.05, 3.63) is 30.0 Å². The van der Waals surface area contributed by atoms with Crippen LogP contribution in [0.15, 0.2) is 24.3 Å². The third kappa shape index (κ3) is 4.95. The molecule has 10 nitrogen and oxygen atoms in total. The number of hydrogen-bond acceptors (Lipinski definition) is 8. The van der Waals surface area contributed by atoms with E-state index >= 15 is 0 Å². The molecular weight excluding hydrogens is 390 g/mol. The van der Waals surface area contributed by atoms with E-state index in [-0.39, 0.29) is 12.3 Å². The number of nitrogens with zero attached hydrogens (tertiary/aromatic N) is 3. The van der Waals surface area contributed by atoms with Crippen LogP contribution < -0.4 is 20.7 Å². The van der Waals surface area contributed by atoms with Crippen LogP contribution >= 0.6 is 0 Å². The summed E-state index contributed by atoms with van der Waals surface area (Å²) in [7, 11) is 0. The number of benzene rings is 1. The molecule has 3 rings (SSSR count). The molecule has 0 aliphatic carbocycles. The second-order valence-corrected chi connectivity index (χ2v) is 6.37. The van der Waals surface area contributed by atoms with E-state index in [9.17, 15) is 9.59 Å². The highest BCUT2D eigenvalue weighted by molar-refractivity contribution is 5.93. The smallest absolute Gasteiger partial charge is 0.361 e. The number of aromatic nitrogens is 2. The van der Waals surface area contributed by atoms with Gasteiger partial charge in [0, 0.05) is 24.3 Å². The molecule has 0 unspecified atom stereocenters. The van der Waals surface area contributed by atoms with Crippen LogP contribution in [0.4, 0.5) is 16.3 Å². The van der Waals surface area contributed by atoms with Crippen molar-refractivity contribution in [2.24, 2.45) is 5.73 Å². The fraction of sp³-hybridized carbons (Fsp3) is 0.400. The first-order valence-corrected chi connectivity index (χ1v) is 9.75. The molecule has 2 amide bonds. The van der Waals surface area contributed by atoms with E-state index in [0.29, 0.717) is 61.6 Å². The zero-order valence-electron chi connectivity index (χ0n) is 17.0. The first-order valence-electron chi connectivity index (χ1n) is 9.75. The third-order valence-electron chi connectivity index (χ3n) is 4.33. The summed E-state index contributed by atoms with van der Waals surface area (Å²) in [5.41, 5.74) is 6.42. The van der Waals surface area contributed by atoms with Crippen molar-refractivity contribution in [1.82, 2.24) is 9.97 Å². The minimum Gasteiger partial charge on any atom is -0.488 e. The second kappa shape index (κ2) is 9.88. The highest BCUT2D eigenvalue weighted by atomic mass is 16.5. The van der Waals surface area contributed by atoms with Gasteiger partial charge in [-0.3, -0.25) is 0 Å². The molecule has 0 radical (unpaired) electrons. The standard InChI is InChI=1S/C20H25N5O5/c1-3-29-16-15(19(26)30-4-2)23-17(24-18(16)25-9-11-28-12-10-25)13-5-7-14(8-6-13)22-20(21)27/h5-8H,3-4,9-12H2,1-2H3,(H3,21,22,27). The molecule has 3 N–H and O–H groups in total. The molecule has 1 aliphatic heterocycles. The number of carbonyl (C=O) groups is 2. The number of primary amides is 1. The number of hydrogen-bond donors (Lipinski definition) is 2. The molecule has 2 heterocycles. The molecule has 0 bridgehead atoms. The number of ether oxygens (including phenoxy) is 3. The van der Waals surface area contributed by atoms with E-state index in [2.05, 4.69) is 10.3 Å². The molecule has 10 heteroatoms. The first-order chi connectivity index (χ1) is 14.5. The van der Waals surface area contributed by atoms with Crippen LogP contribution in [0.5, 0.6) is 5.75 Å². The number of anilines is 2. The Morgan fingerprint density at radius 2 is 1.83 bits per heavy atom. The van der Waals surface area contributed by atoms with Crippen molar-refractivity contribution in [3.63, 3.8) is 0 Å². The van der Waals surface area contributed by atoms with Crippen molar-refractivity contribution in [3.8, 4) is 17.1 Å². The van der Waals surface area contributed by atoms with Crippen LogP contribution in [-0.2, 0) is 9.47 Å². The molecule has 0 saturated carbocycles. The summed E-state index contributed by atoms with van der Waals surface area (Å²) in [5.74, 6) is 0.584. The number of nitrogens with one attached hydrogen (secondary N) is 1. The Morgan fingerprint density at radius 3 is 2.43 bits per heavy atom. The molecule has 1 aromatic carbocycles. The first kappa shape index (κ1) is 21.3. The van der Waals surface area contributed by atoms with Gasteiger partial charge in [-0.1, -0.05) is 0 Å². The van der Waals surface area contributed by atoms with Crippen molar-refractivity contribution in [1.29, 1.82) is 0 Å². The number of nitrogens with two attached hydrogens (primary N) is 1. The maximum absolute atomic E-state index is 12.6. The van der Waals surface area contributed by atoms with Gasteiger partial charge in [0.15, 0.2) is 23.1 Å². The van der Waals surface area contributed by atoms with E-state index < -0.39 is 12.0 Å². The average Bonchev–Trinajstić information content (AvgIpc) is 2.75. The molecule has 1 saturated heterocycles. The summed E-state index contributed by atoms with van der Waals surface area (Å²) in [4.78, 5) is 34.8. The van der Waals surface area contributed by atoms with Crippen LogP contribution in [0.25, 0.3) is 11.4 Å². The van der Waals surface area contributed by atoms with Crippen molar-refractivity contribution >= 4 is 23.5 Å². The lowest BCUT2D eigenvalue weighted by atomic mass is 10.2. The summed E-state index contributed by atoms with van der Waals surface area (Å²) in [6.07, 6.45) is 0. The largest absolute Gasteiger partial charge is 0.488 e. The molecule has 1 fully saturated rings. The number of carbonyl (C=O) groups excluding carboxylic acids is 2. The minimum absolute atomic E-state index is 0.0736. The lowest BCUT2D eigenvalue weighted by Gasteiger charge is -2.29. The predicted octanol–water partition coefficient (Wildman–Crippen LogP) is 2.05. The zero-order chi connectivity index (χ0) is 21.5. The van der Waals surface area contributed by atoms with Gasteiger partial charge in [-0.15, -0.1) is 0 Å². The van der Waals surface area contributed by atoms with Gasteiger partial charge < -0.3 is 30.2 Å². The van der Waals surface area contributed by atoms with Crippen molar-refractivity contribution < 1.29 is 23.8 Å². The Bertz CT molecular complexity index is 897. The van der Waals surface area contributed by atoms with E-state index in [1.165, 1.54) is 0 Å². The molecule has 0 atom stereocenters. The van der Waals surface area contributed by atoms with Gasteiger partial charge >= 0.3 is 12.0 Å². The lowest BCUT2D eigenvalue weighted by Crippen LogP contribution is -2.37. The average molecular weight is 415 g/mol. The van der Waals surface area contributed by atoms with Crippen LogP contribution in [0.3, 0.4) is 0 Å². The van der Waals surface area contributed by atoms with Crippen molar-refractivity contribution in [2.45, 2.75) is 13.8 Å². The quantitative estimate of drug-likeness (QED) is 0.658. The molecule has 30 heavy (non-hydrogen) atoms. The van der Waals surface area contributed by atoms with Crippen LogP contribution in [0.2, 0.25) is 0 Å². The Morgan fingerprint density at radius 1 is 1.13 bits per heavy atom. The Balaban J connectivity index is 2.09. The Hall–Kier alpha value is -3.40. The summed E-state index contributed by atoms with van der Waals surface area (Å²) < 4.78 is 16.4. The predicted molar refractivity (Wildman–Crippen MR) is 111 cm³/mol. The monoisotopic (exact) mass is 415 g/mol. The third-order valence-corrected chi connectivity index (χ3v) is 4.33. The van der Waals surface area contributed by atoms with E-state index in [1.54, 1.807) is 31.2 Å². The summed E-state index contributed by atoms with van der Waals surface area (Å²) in [5, 5.41) is 2.50. The van der Waals surface area contributed by atoms with Gasteiger partial charge in [0.25, 0.3) is 0 Å². The van der Waals surface area contributed by atoms with E-state index in [4.69, 9.17) is 24.9 Å². The normalized spacial score (nSPS) is 13.6. The van der Waals surface area contributed by atoms with Crippen LogP contribution in [-0.4, -0.2) is 61.5 Å². The Kier molecular flexibility index (Phi) is 7.02. The minimum atomic E-state index is -0.653. The van der Waals surface area contributed by atoms with Gasteiger partial charge in [0.05, 0.1) is 26.4 Å². The number of morpholine rings is 1. The highest BCUT2D eigenvalue weighted by Crippen LogP contribution is 2.33. The zero-order valence-corrected chi connectivity index (χ0v) is 17.0.